The molecule has 1 amide bonds. The van der Waals surface area contributed by atoms with Crippen LogP contribution in [0.4, 0.5) is 10.5 Å². The molecule has 0 saturated carbocycles. The van der Waals surface area contributed by atoms with Crippen molar-refractivity contribution in [2.24, 2.45) is 0 Å². The Labute approximate surface area is 161 Å². The van der Waals surface area contributed by atoms with Crippen LogP contribution in [0, 0.1) is 6.92 Å². The molecule has 0 bridgehead atoms. The number of carbonyl (C=O) groups is 1. The Morgan fingerprint density at radius 1 is 1.04 bits per heavy atom. The maximum atomic E-state index is 12.6. The first-order chi connectivity index (χ1) is 12.5. The lowest BCUT2D eigenvalue weighted by Gasteiger charge is -2.34. The number of nitrogens with zero attached hydrogens (tertiary/aromatic N) is 1. The molecule has 0 atom stereocenters. The minimum Gasteiger partial charge on any atom is -0.399 e. The molecule has 0 aliphatic carbocycles. The van der Waals surface area contributed by atoms with Crippen molar-refractivity contribution in [3.63, 3.8) is 0 Å². The van der Waals surface area contributed by atoms with Gasteiger partial charge in [-0.1, -0.05) is 29.8 Å². The molecule has 0 heterocycles. The third-order valence-electron chi connectivity index (χ3n) is 4.12. The van der Waals surface area contributed by atoms with Gasteiger partial charge in [-0.3, -0.25) is 0 Å². The molecule has 27 heavy (non-hydrogen) atoms. The fourth-order valence-electron chi connectivity index (χ4n) is 2.52. The highest BCUT2D eigenvalue weighted by molar-refractivity contribution is 7.87. The van der Waals surface area contributed by atoms with Gasteiger partial charge in [0, 0.05) is 17.8 Å². The van der Waals surface area contributed by atoms with Gasteiger partial charge in [-0.15, -0.1) is 0 Å². The van der Waals surface area contributed by atoms with Gasteiger partial charge >= 0.3 is 16.2 Å². The van der Waals surface area contributed by atoms with Gasteiger partial charge in [0.25, 0.3) is 0 Å². The van der Waals surface area contributed by atoms with Crippen LogP contribution in [0.3, 0.4) is 0 Å². The third-order valence-corrected chi connectivity index (χ3v) is 5.34. The molecule has 2 aromatic carbocycles. The summed E-state index contributed by atoms with van der Waals surface area (Å²) in [5.74, 6) is 0. The first-order valence-electron chi connectivity index (χ1n) is 8.66. The molecule has 0 saturated heterocycles. The molecule has 0 unspecified atom stereocenters. The fraction of sp³-hybridized carbons (Fsp3) is 0.350. The average molecular weight is 391 g/mol. The molecule has 146 valence electrons. The molecular formula is C20H26N2O4S. The van der Waals surface area contributed by atoms with Crippen molar-refractivity contribution in [3.05, 3.63) is 59.7 Å². The highest BCUT2D eigenvalue weighted by Crippen LogP contribution is 2.20. The molecule has 2 aromatic rings. The van der Waals surface area contributed by atoms with Crippen LogP contribution in [0.1, 0.15) is 31.9 Å². The number of aryl methyl sites for hydroxylation is 1. The van der Waals surface area contributed by atoms with Crippen molar-refractivity contribution in [1.82, 2.24) is 4.90 Å². The zero-order chi connectivity index (χ0) is 20.2. The van der Waals surface area contributed by atoms with Crippen molar-refractivity contribution in [3.8, 4) is 0 Å². The van der Waals surface area contributed by atoms with Crippen LogP contribution < -0.4 is 5.73 Å². The second-order valence-electron chi connectivity index (χ2n) is 7.43. The zero-order valence-corrected chi connectivity index (χ0v) is 16.9. The molecule has 0 aromatic heterocycles. The van der Waals surface area contributed by atoms with E-state index in [-0.39, 0.29) is 4.90 Å². The van der Waals surface area contributed by atoms with Crippen molar-refractivity contribution in [2.45, 2.75) is 44.6 Å². The molecule has 0 fully saturated rings. The predicted octanol–water partition coefficient (Wildman–Crippen LogP) is 3.75. The quantitative estimate of drug-likeness (QED) is 0.620. The highest BCUT2D eigenvalue weighted by Gasteiger charge is 2.31. The lowest BCUT2D eigenvalue weighted by atomic mass is 10.0. The van der Waals surface area contributed by atoms with E-state index in [1.54, 1.807) is 24.3 Å². The number of benzene rings is 2. The van der Waals surface area contributed by atoms with E-state index >= 15 is 0 Å². The van der Waals surface area contributed by atoms with Gasteiger partial charge in [-0.25, -0.2) is 4.79 Å². The number of hydrogen-bond donors (Lipinski definition) is 1. The van der Waals surface area contributed by atoms with Gasteiger partial charge in [0.2, 0.25) is 0 Å². The van der Waals surface area contributed by atoms with Gasteiger partial charge in [0.05, 0.1) is 0 Å². The minimum atomic E-state index is -4.18. The highest BCUT2D eigenvalue weighted by atomic mass is 32.2. The molecule has 0 spiro atoms. The summed E-state index contributed by atoms with van der Waals surface area (Å²) >= 11 is 0. The molecule has 0 aliphatic rings. The van der Waals surface area contributed by atoms with Crippen molar-refractivity contribution >= 4 is 21.9 Å². The molecule has 2 N–H and O–H groups in total. The van der Waals surface area contributed by atoms with Crippen LogP contribution >= 0.6 is 0 Å². The van der Waals surface area contributed by atoms with Crippen LogP contribution in [0.15, 0.2) is 53.4 Å². The molecule has 6 nitrogen and oxygen atoms in total. The third kappa shape index (κ3) is 5.72. The lowest BCUT2D eigenvalue weighted by Crippen LogP contribution is -2.47. The first-order valence-corrected chi connectivity index (χ1v) is 10.1. The molecular weight excluding hydrogens is 364 g/mol. The fourth-order valence-corrected chi connectivity index (χ4v) is 3.36. The summed E-state index contributed by atoms with van der Waals surface area (Å²) in [5.41, 5.74) is 7.65. The van der Waals surface area contributed by atoms with E-state index in [0.717, 1.165) is 11.1 Å². The smallest absolute Gasteiger partial charge is 0.399 e. The summed E-state index contributed by atoms with van der Waals surface area (Å²) in [6.07, 6.45) is -0.337. The van der Waals surface area contributed by atoms with Gasteiger partial charge in [0.1, 0.15) is 4.90 Å². The predicted molar refractivity (Wildman–Crippen MR) is 106 cm³/mol. The standard InChI is InChI=1S/C20H26N2O4S/c1-15-5-11-18(12-6-15)27(24,25)26-19(23)22(20(2,3)4)14-13-16-7-9-17(21)10-8-16/h5-12H,13-14,21H2,1-4H3. The van der Waals surface area contributed by atoms with Crippen LogP contribution in [0.2, 0.25) is 0 Å². The number of nitrogen functional groups attached to an aromatic ring is 1. The Balaban J connectivity index is 2.14. The summed E-state index contributed by atoms with van der Waals surface area (Å²) in [5, 5.41) is 0. The van der Waals surface area contributed by atoms with E-state index in [2.05, 4.69) is 0 Å². The Morgan fingerprint density at radius 3 is 2.11 bits per heavy atom. The average Bonchev–Trinajstić information content (AvgIpc) is 2.55. The zero-order valence-electron chi connectivity index (χ0n) is 16.1. The van der Waals surface area contributed by atoms with E-state index in [4.69, 9.17) is 9.92 Å². The molecule has 0 radical (unpaired) electrons. The second kappa shape index (κ2) is 8.00. The van der Waals surface area contributed by atoms with Crippen LogP contribution in [0.5, 0.6) is 0 Å². The van der Waals surface area contributed by atoms with Gasteiger partial charge in [-0.05, 0) is 63.9 Å². The Kier molecular flexibility index (Phi) is 6.15. The van der Waals surface area contributed by atoms with Gasteiger partial charge in [-0.2, -0.15) is 8.42 Å². The van der Waals surface area contributed by atoms with Crippen molar-refractivity contribution in [1.29, 1.82) is 0 Å². The lowest BCUT2D eigenvalue weighted by molar-refractivity contribution is 0.109. The Morgan fingerprint density at radius 2 is 1.59 bits per heavy atom. The molecule has 2 rings (SSSR count). The van der Waals surface area contributed by atoms with Crippen molar-refractivity contribution < 1.29 is 17.4 Å². The Bertz CT molecular complexity index is 883. The van der Waals surface area contributed by atoms with E-state index in [9.17, 15) is 13.2 Å². The van der Waals surface area contributed by atoms with Crippen molar-refractivity contribution in [2.75, 3.05) is 12.3 Å². The van der Waals surface area contributed by atoms with Gasteiger partial charge < -0.3 is 14.8 Å². The van der Waals surface area contributed by atoms with Gasteiger partial charge in [0.15, 0.2) is 0 Å². The maximum Gasteiger partial charge on any atom is 0.426 e. The number of rotatable bonds is 5. The second-order valence-corrected chi connectivity index (χ2v) is 8.98. The summed E-state index contributed by atoms with van der Waals surface area (Å²) in [6, 6.07) is 13.5. The van der Waals surface area contributed by atoms with E-state index < -0.39 is 21.8 Å². The van der Waals surface area contributed by atoms with Crippen LogP contribution in [-0.4, -0.2) is 31.5 Å². The van der Waals surface area contributed by atoms with Crippen LogP contribution in [0.25, 0.3) is 0 Å². The SMILES string of the molecule is Cc1ccc(S(=O)(=O)OC(=O)N(CCc2ccc(N)cc2)C(C)(C)C)cc1. The summed E-state index contributed by atoms with van der Waals surface area (Å²) in [7, 11) is -4.18. The molecule has 0 aliphatic heterocycles. The number of carbonyl (C=O) groups excluding carboxylic acids is 1. The van der Waals surface area contributed by atoms with E-state index in [0.29, 0.717) is 18.7 Å². The topological polar surface area (TPSA) is 89.7 Å². The van der Waals surface area contributed by atoms with E-state index in [1.165, 1.54) is 17.0 Å². The summed E-state index contributed by atoms with van der Waals surface area (Å²) in [4.78, 5) is 14.0. The normalized spacial score (nSPS) is 11.9. The van der Waals surface area contributed by atoms with Crippen LogP contribution in [-0.2, 0) is 20.7 Å². The first kappa shape index (κ1) is 20.8. The summed E-state index contributed by atoms with van der Waals surface area (Å²) < 4.78 is 29.7. The summed E-state index contributed by atoms with van der Waals surface area (Å²) in [6.45, 7) is 7.65. The monoisotopic (exact) mass is 390 g/mol. The van der Waals surface area contributed by atoms with E-state index in [1.807, 2.05) is 39.8 Å². The number of amides is 1. The number of hydrogen-bond acceptors (Lipinski definition) is 5. The maximum absolute atomic E-state index is 12.6. The molecule has 7 heteroatoms. The number of nitrogens with two attached hydrogens (primary N) is 1. The Hall–Kier alpha value is -2.54. The number of anilines is 1. The largest absolute Gasteiger partial charge is 0.426 e. The minimum absolute atomic E-state index is 0.0474.